The molecule has 2 amide bonds. The first kappa shape index (κ1) is 18.0. The van der Waals surface area contributed by atoms with Gasteiger partial charge in [-0.15, -0.1) is 0 Å². The van der Waals surface area contributed by atoms with Gasteiger partial charge in [0.2, 0.25) is 0 Å². The van der Waals surface area contributed by atoms with E-state index in [1.165, 1.54) is 25.1 Å². The lowest BCUT2D eigenvalue weighted by Gasteiger charge is -2.08. The Hall–Kier alpha value is -3.35. The number of carbonyl (C=O) groups excluding carboxylic acids is 3. The monoisotopic (exact) mass is 342 g/mol. The van der Waals surface area contributed by atoms with Gasteiger partial charge in [-0.25, -0.2) is 0 Å². The summed E-state index contributed by atoms with van der Waals surface area (Å²) in [7, 11) is 0. The summed E-state index contributed by atoms with van der Waals surface area (Å²) in [5, 5.41) is 14.6. The minimum Gasteiger partial charge on any atom is -0.508 e. The molecule has 2 rings (SSSR count). The number of carbonyl (C=O) groups is 3. The van der Waals surface area contributed by atoms with Crippen molar-refractivity contribution >= 4 is 17.8 Å². The van der Waals surface area contributed by atoms with Gasteiger partial charge in [0.1, 0.15) is 11.5 Å². The molecule has 7 heteroatoms. The maximum atomic E-state index is 12.0. The van der Waals surface area contributed by atoms with Crippen molar-refractivity contribution in [3.8, 4) is 11.5 Å². The van der Waals surface area contributed by atoms with Crippen LogP contribution in [-0.2, 0) is 4.79 Å². The van der Waals surface area contributed by atoms with Crippen molar-refractivity contribution in [1.29, 1.82) is 0 Å². The van der Waals surface area contributed by atoms with Gasteiger partial charge in [-0.3, -0.25) is 14.4 Å². The first-order valence-electron chi connectivity index (χ1n) is 7.59. The third-order valence-corrected chi connectivity index (χ3v) is 3.16. The van der Waals surface area contributed by atoms with E-state index in [1.807, 2.05) is 0 Å². The zero-order valence-corrected chi connectivity index (χ0v) is 13.6. The highest BCUT2D eigenvalue weighted by Gasteiger charge is 2.08. The van der Waals surface area contributed by atoms with Gasteiger partial charge in [0.25, 0.3) is 11.8 Å². The van der Waals surface area contributed by atoms with E-state index in [0.717, 1.165) is 0 Å². The molecule has 25 heavy (non-hydrogen) atoms. The Morgan fingerprint density at radius 1 is 0.920 bits per heavy atom. The van der Waals surface area contributed by atoms with E-state index in [-0.39, 0.29) is 36.4 Å². The lowest BCUT2D eigenvalue weighted by atomic mass is 10.2. The number of ether oxygens (including phenoxy) is 1. The second kappa shape index (κ2) is 8.49. The molecule has 3 N–H and O–H groups in total. The highest BCUT2D eigenvalue weighted by Crippen LogP contribution is 2.13. The van der Waals surface area contributed by atoms with Gasteiger partial charge < -0.3 is 20.5 Å². The molecule has 0 spiro atoms. The molecular weight excluding hydrogens is 324 g/mol. The number of benzene rings is 2. The van der Waals surface area contributed by atoms with E-state index in [1.54, 1.807) is 30.3 Å². The maximum Gasteiger partial charge on any atom is 0.308 e. The molecule has 2 aromatic carbocycles. The SMILES string of the molecule is CC(=O)Oc1cccc(C(=O)NCCNC(=O)c2cccc(O)c2)c1. The van der Waals surface area contributed by atoms with Crippen LogP contribution in [0.2, 0.25) is 0 Å². The molecule has 0 aliphatic rings. The number of hydrogen-bond acceptors (Lipinski definition) is 5. The highest BCUT2D eigenvalue weighted by atomic mass is 16.5. The highest BCUT2D eigenvalue weighted by molar-refractivity contribution is 5.95. The standard InChI is InChI=1S/C18H18N2O5/c1-12(21)25-16-7-3-5-14(11-16)18(24)20-9-8-19-17(23)13-4-2-6-15(22)10-13/h2-7,10-11,22H,8-9H2,1H3,(H,19,23)(H,20,24). The zero-order valence-electron chi connectivity index (χ0n) is 13.6. The fraction of sp³-hybridized carbons (Fsp3) is 0.167. The Bertz CT molecular complexity index is 789. The molecule has 0 saturated carbocycles. The number of phenols is 1. The van der Waals surface area contributed by atoms with Crippen molar-refractivity contribution in [3.63, 3.8) is 0 Å². The van der Waals surface area contributed by atoms with Crippen LogP contribution >= 0.6 is 0 Å². The van der Waals surface area contributed by atoms with Gasteiger partial charge in [-0.2, -0.15) is 0 Å². The summed E-state index contributed by atoms with van der Waals surface area (Å²) >= 11 is 0. The number of nitrogens with one attached hydrogen (secondary N) is 2. The van der Waals surface area contributed by atoms with E-state index in [4.69, 9.17) is 4.74 Å². The molecule has 0 heterocycles. The van der Waals surface area contributed by atoms with Crippen molar-refractivity contribution < 1.29 is 24.2 Å². The Balaban J connectivity index is 1.80. The Morgan fingerprint density at radius 3 is 2.04 bits per heavy atom. The number of phenolic OH excluding ortho intramolecular Hbond substituents is 1. The fourth-order valence-electron chi connectivity index (χ4n) is 2.07. The van der Waals surface area contributed by atoms with Gasteiger partial charge in [-0.05, 0) is 36.4 Å². The van der Waals surface area contributed by atoms with Crippen LogP contribution in [0.5, 0.6) is 11.5 Å². The van der Waals surface area contributed by atoms with Crippen LogP contribution in [0.4, 0.5) is 0 Å². The topological polar surface area (TPSA) is 105 Å². The van der Waals surface area contributed by atoms with Crippen molar-refractivity contribution in [1.82, 2.24) is 10.6 Å². The maximum absolute atomic E-state index is 12.0. The second-order valence-corrected chi connectivity index (χ2v) is 5.18. The summed E-state index contributed by atoms with van der Waals surface area (Å²) < 4.78 is 4.92. The molecular formula is C18H18N2O5. The van der Waals surface area contributed by atoms with Gasteiger partial charge in [-0.1, -0.05) is 12.1 Å². The van der Waals surface area contributed by atoms with Crippen molar-refractivity contribution in [2.75, 3.05) is 13.1 Å². The normalized spacial score (nSPS) is 9.96. The minimum atomic E-state index is -0.466. The minimum absolute atomic E-state index is 0.00798. The molecule has 0 radical (unpaired) electrons. The molecule has 130 valence electrons. The molecule has 0 aliphatic carbocycles. The number of esters is 1. The molecule has 0 atom stereocenters. The predicted molar refractivity (Wildman–Crippen MR) is 90.5 cm³/mol. The fourth-order valence-corrected chi connectivity index (χ4v) is 2.07. The molecule has 0 fully saturated rings. The summed E-state index contributed by atoms with van der Waals surface area (Å²) in [5.41, 5.74) is 0.679. The van der Waals surface area contributed by atoms with Crippen LogP contribution in [0.15, 0.2) is 48.5 Å². The smallest absolute Gasteiger partial charge is 0.308 e. The molecule has 0 aliphatic heterocycles. The molecule has 0 aromatic heterocycles. The molecule has 0 unspecified atom stereocenters. The Morgan fingerprint density at radius 2 is 1.48 bits per heavy atom. The van der Waals surface area contributed by atoms with E-state index in [2.05, 4.69) is 10.6 Å². The quantitative estimate of drug-likeness (QED) is 0.419. The molecule has 0 saturated heterocycles. The average molecular weight is 342 g/mol. The lowest BCUT2D eigenvalue weighted by molar-refractivity contribution is -0.131. The van der Waals surface area contributed by atoms with E-state index >= 15 is 0 Å². The van der Waals surface area contributed by atoms with Crippen molar-refractivity contribution in [2.45, 2.75) is 6.92 Å². The number of aromatic hydroxyl groups is 1. The largest absolute Gasteiger partial charge is 0.508 e. The third-order valence-electron chi connectivity index (χ3n) is 3.16. The molecule has 2 aromatic rings. The summed E-state index contributed by atoms with van der Waals surface area (Å²) in [6.07, 6.45) is 0. The van der Waals surface area contributed by atoms with E-state index < -0.39 is 5.97 Å². The van der Waals surface area contributed by atoms with Crippen LogP contribution in [-0.4, -0.2) is 36.0 Å². The van der Waals surface area contributed by atoms with E-state index in [0.29, 0.717) is 11.1 Å². The zero-order chi connectivity index (χ0) is 18.2. The van der Waals surface area contributed by atoms with Gasteiger partial charge in [0.15, 0.2) is 0 Å². The third kappa shape index (κ3) is 5.65. The van der Waals surface area contributed by atoms with Crippen LogP contribution < -0.4 is 15.4 Å². The number of amides is 2. The van der Waals surface area contributed by atoms with Crippen molar-refractivity contribution in [3.05, 3.63) is 59.7 Å². The van der Waals surface area contributed by atoms with Crippen LogP contribution in [0, 0.1) is 0 Å². The molecule has 7 nitrogen and oxygen atoms in total. The average Bonchev–Trinajstić information content (AvgIpc) is 2.58. The van der Waals surface area contributed by atoms with Crippen molar-refractivity contribution in [2.24, 2.45) is 0 Å². The first-order valence-corrected chi connectivity index (χ1v) is 7.59. The molecule has 0 bridgehead atoms. The summed E-state index contributed by atoms with van der Waals surface area (Å²) in [6, 6.07) is 12.2. The second-order valence-electron chi connectivity index (χ2n) is 5.18. The summed E-state index contributed by atoms with van der Waals surface area (Å²) in [6.45, 7) is 1.73. The summed E-state index contributed by atoms with van der Waals surface area (Å²) in [4.78, 5) is 34.8. The predicted octanol–water partition coefficient (Wildman–Crippen LogP) is 1.48. The van der Waals surface area contributed by atoms with Crippen LogP contribution in [0.3, 0.4) is 0 Å². The van der Waals surface area contributed by atoms with Gasteiger partial charge in [0, 0.05) is 31.1 Å². The van der Waals surface area contributed by atoms with Gasteiger partial charge >= 0.3 is 5.97 Å². The van der Waals surface area contributed by atoms with Crippen LogP contribution in [0.1, 0.15) is 27.6 Å². The first-order chi connectivity index (χ1) is 12.0. The van der Waals surface area contributed by atoms with Crippen LogP contribution in [0.25, 0.3) is 0 Å². The van der Waals surface area contributed by atoms with Gasteiger partial charge in [0.05, 0.1) is 0 Å². The Labute approximate surface area is 144 Å². The number of hydrogen-bond donors (Lipinski definition) is 3. The van der Waals surface area contributed by atoms with E-state index in [9.17, 15) is 19.5 Å². The Kier molecular flexibility index (Phi) is 6.11. The summed E-state index contributed by atoms with van der Waals surface area (Å²) in [5.74, 6) is -0.860. The lowest BCUT2D eigenvalue weighted by Crippen LogP contribution is -2.34. The number of rotatable bonds is 6.